The number of hydrogen-bond acceptors (Lipinski definition) is 8. The molecule has 0 bridgehead atoms. The summed E-state index contributed by atoms with van der Waals surface area (Å²) in [4.78, 5) is 58.2. The minimum absolute atomic E-state index is 0.0664. The maximum absolute atomic E-state index is 14.1. The summed E-state index contributed by atoms with van der Waals surface area (Å²) in [6.07, 6.45) is 0. The molecular weight excluding hydrogens is 620 g/mol. The van der Waals surface area contributed by atoms with Gasteiger partial charge in [-0.15, -0.1) is 0 Å². The van der Waals surface area contributed by atoms with E-state index in [2.05, 4.69) is 24.1 Å². The van der Waals surface area contributed by atoms with Gasteiger partial charge < -0.3 is 15.3 Å². The van der Waals surface area contributed by atoms with Crippen molar-refractivity contribution in [1.29, 1.82) is 0 Å². The molecule has 4 aromatic rings. The van der Waals surface area contributed by atoms with Gasteiger partial charge in [0.05, 0.1) is 16.6 Å². The Hall–Kier alpha value is -4.06. The normalized spacial score (nSPS) is 19.1. The number of imide groups is 1. The number of amides is 3. The quantitative estimate of drug-likeness (QED) is 0.190. The Morgan fingerprint density at radius 2 is 1.59 bits per heavy atom. The van der Waals surface area contributed by atoms with Crippen LogP contribution in [0.15, 0.2) is 82.6 Å². The van der Waals surface area contributed by atoms with Crippen molar-refractivity contribution < 1.29 is 19.5 Å². The Balaban J connectivity index is 1.41. The third-order valence-electron chi connectivity index (χ3n) is 7.97. The number of thioether (sulfide) groups is 1. The third kappa shape index (κ3) is 5.40. The standard InChI is InChI=1S/C32H29ClN4O5S2/c1-3-35(4-2)21-11-5-18(6-12-21)25-26-27(30(41)37(29(26)40)22-13-7-19(33)8-14-22)43-31-28(25)44-32(42)36(31)17-24(39)34-20-9-15-23(38)16-10-20/h5-16,25-27,38H,3-4,17H2,1-2H3,(H,34,39)/t25-,26?,27?/m1/s1. The van der Waals surface area contributed by atoms with E-state index in [-0.39, 0.29) is 29.0 Å². The van der Waals surface area contributed by atoms with Gasteiger partial charge in [-0.2, -0.15) is 0 Å². The number of halogens is 1. The van der Waals surface area contributed by atoms with Crippen LogP contribution < -0.4 is 20.0 Å². The van der Waals surface area contributed by atoms with Crippen LogP contribution in [0.3, 0.4) is 0 Å². The first-order chi connectivity index (χ1) is 21.2. The maximum Gasteiger partial charge on any atom is 0.308 e. The van der Waals surface area contributed by atoms with Gasteiger partial charge in [0.1, 0.15) is 17.5 Å². The molecule has 9 nitrogen and oxygen atoms in total. The van der Waals surface area contributed by atoms with Crippen molar-refractivity contribution in [3.05, 3.63) is 97.9 Å². The number of fused-ring (bicyclic) bond motifs is 2. The first kappa shape index (κ1) is 30.0. The molecule has 2 N–H and O–H groups in total. The van der Waals surface area contributed by atoms with Crippen LogP contribution in [0.5, 0.6) is 5.75 Å². The monoisotopic (exact) mass is 648 g/mol. The maximum atomic E-state index is 14.1. The van der Waals surface area contributed by atoms with Gasteiger partial charge in [0.2, 0.25) is 17.7 Å². The first-order valence-corrected chi connectivity index (χ1v) is 16.2. The second-order valence-electron chi connectivity index (χ2n) is 10.5. The molecule has 0 saturated carbocycles. The molecule has 1 saturated heterocycles. The Morgan fingerprint density at radius 1 is 0.932 bits per heavy atom. The Kier molecular flexibility index (Phi) is 8.28. The number of thiazole rings is 1. The number of anilines is 3. The van der Waals surface area contributed by atoms with Crippen molar-refractivity contribution in [3.63, 3.8) is 0 Å². The average Bonchev–Trinajstić information content (AvgIpc) is 3.46. The third-order valence-corrected chi connectivity index (χ3v) is 10.8. The lowest BCUT2D eigenvalue weighted by atomic mass is 9.83. The smallest absolute Gasteiger partial charge is 0.308 e. The van der Waals surface area contributed by atoms with E-state index in [1.54, 1.807) is 36.4 Å². The molecule has 2 aliphatic rings. The van der Waals surface area contributed by atoms with Gasteiger partial charge in [-0.3, -0.25) is 23.7 Å². The summed E-state index contributed by atoms with van der Waals surface area (Å²) in [5.41, 5.74) is 2.76. The minimum Gasteiger partial charge on any atom is -0.508 e. The van der Waals surface area contributed by atoms with Gasteiger partial charge in [-0.25, -0.2) is 4.90 Å². The van der Waals surface area contributed by atoms with E-state index in [0.29, 0.717) is 26.3 Å². The topological polar surface area (TPSA) is 112 Å². The average molecular weight is 649 g/mol. The molecule has 1 fully saturated rings. The molecule has 3 amide bonds. The summed E-state index contributed by atoms with van der Waals surface area (Å²) in [6, 6.07) is 20.5. The summed E-state index contributed by atoms with van der Waals surface area (Å²) in [7, 11) is 0. The van der Waals surface area contributed by atoms with Crippen LogP contribution in [0.1, 0.15) is 30.2 Å². The molecule has 44 heavy (non-hydrogen) atoms. The van der Waals surface area contributed by atoms with Gasteiger partial charge in [0.15, 0.2) is 0 Å². The number of carbonyl (C=O) groups is 3. The lowest BCUT2D eigenvalue weighted by Crippen LogP contribution is -2.33. The predicted octanol–water partition coefficient (Wildman–Crippen LogP) is 5.55. The van der Waals surface area contributed by atoms with Crippen LogP contribution in [0.2, 0.25) is 5.02 Å². The van der Waals surface area contributed by atoms with Crippen molar-refractivity contribution in [2.75, 3.05) is 28.2 Å². The number of hydrogen-bond donors (Lipinski definition) is 2. The van der Waals surface area contributed by atoms with Gasteiger partial charge >= 0.3 is 4.87 Å². The second kappa shape index (κ2) is 12.1. The Bertz CT molecular complexity index is 1780. The highest BCUT2D eigenvalue weighted by atomic mass is 35.5. The molecule has 1 aromatic heterocycles. The van der Waals surface area contributed by atoms with Crippen LogP contribution in [0.25, 0.3) is 0 Å². The highest BCUT2D eigenvalue weighted by Gasteiger charge is 2.56. The lowest BCUT2D eigenvalue weighted by molar-refractivity contribution is -0.122. The molecule has 2 aliphatic heterocycles. The molecule has 2 unspecified atom stereocenters. The number of phenolic OH excluding ortho intramolecular Hbond substituents is 1. The fourth-order valence-electron chi connectivity index (χ4n) is 5.83. The largest absolute Gasteiger partial charge is 0.508 e. The molecule has 3 atom stereocenters. The van der Waals surface area contributed by atoms with Gasteiger partial charge in [-0.05, 0) is 80.1 Å². The molecule has 226 valence electrons. The number of benzene rings is 3. The molecule has 0 spiro atoms. The number of carbonyl (C=O) groups excluding carboxylic acids is 3. The van der Waals surface area contributed by atoms with Crippen molar-refractivity contribution in [2.45, 2.75) is 36.6 Å². The SMILES string of the molecule is CCN(CC)c1ccc([C@H]2c3sc(=O)n(CC(=O)Nc4ccc(O)cc4)c3SC3C(=O)N(c4ccc(Cl)cc4)C(=O)C32)cc1. The molecule has 12 heteroatoms. The van der Waals surface area contributed by atoms with E-state index < -0.39 is 23.0 Å². The van der Waals surface area contributed by atoms with Crippen molar-refractivity contribution in [1.82, 2.24) is 4.57 Å². The van der Waals surface area contributed by atoms with E-state index in [9.17, 15) is 24.3 Å². The zero-order valence-electron chi connectivity index (χ0n) is 23.9. The lowest BCUT2D eigenvalue weighted by Gasteiger charge is -2.31. The molecular formula is C32H29ClN4O5S2. The summed E-state index contributed by atoms with van der Waals surface area (Å²) in [5, 5.41) is 12.5. The van der Waals surface area contributed by atoms with E-state index in [1.807, 2.05) is 24.3 Å². The molecule has 6 rings (SSSR count). The van der Waals surface area contributed by atoms with Gasteiger partial charge in [0.25, 0.3) is 0 Å². The molecule has 0 radical (unpaired) electrons. The Labute approximate surface area is 267 Å². The second-order valence-corrected chi connectivity index (χ2v) is 13.1. The van der Waals surface area contributed by atoms with Gasteiger partial charge in [-0.1, -0.05) is 46.8 Å². The van der Waals surface area contributed by atoms with E-state index in [1.165, 1.54) is 33.4 Å². The van der Waals surface area contributed by atoms with Gasteiger partial charge in [0, 0.05) is 40.3 Å². The predicted molar refractivity (Wildman–Crippen MR) is 174 cm³/mol. The number of phenols is 1. The number of nitrogens with zero attached hydrogens (tertiary/aromatic N) is 3. The highest BCUT2D eigenvalue weighted by molar-refractivity contribution is 8.00. The summed E-state index contributed by atoms with van der Waals surface area (Å²) >= 11 is 8.25. The minimum atomic E-state index is -0.793. The van der Waals surface area contributed by atoms with E-state index in [0.717, 1.165) is 35.7 Å². The number of nitrogens with one attached hydrogen (secondary N) is 1. The zero-order chi connectivity index (χ0) is 31.1. The molecule has 0 aliphatic carbocycles. The van der Waals surface area contributed by atoms with Crippen LogP contribution in [-0.2, 0) is 20.9 Å². The zero-order valence-corrected chi connectivity index (χ0v) is 26.3. The molecule has 3 heterocycles. The number of aromatic hydroxyl groups is 1. The van der Waals surface area contributed by atoms with E-state index >= 15 is 0 Å². The Morgan fingerprint density at radius 3 is 2.23 bits per heavy atom. The highest BCUT2D eigenvalue weighted by Crippen LogP contribution is 2.54. The van der Waals surface area contributed by atoms with Crippen LogP contribution in [0, 0.1) is 5.92 Å². The van der Waals surface area contributed by atoms with Crippen LogP contribution in [-0.4, -0.2) is 45.7 Å². The summed E-state index contributed by atoms with van der Waals surface area (Å²) < 4.78 is 1.39. The van der Waals surface area contributed by atoms with Crippen LogP contribution >= 0.6 is 34.7 Å². The van der Waals surface area contributed by atoms with Crippen molar-refractivity contribution in [3.8, 4) is 5.75 Å². The fourth-order valence-corrected chi connectivity index (χ4v) is 8.73. The molecule has 3 aromatic carbocycles. The number of aromatic nitrogens is 1. The summed E-state index contributed by atoms with van der Waals surface area (Å²) in [6.45, 7) is 5.57. The van der Waals surface area contributed by atoms with Crippen molar-refractivity contribution in [2.24, 2.45) is 5.92 Å². The number of rotatable bonds is 8. The van der Waals surface area contributed by atoms with Crippen molar-refractivity contribution >= 4 is 69.5 Å². The van der Waals surface area contributed by atoms with E-state index in [4.69, 9.17) is 11.6 Å². The first-order valence-electron chi connectivity index (χ1n) is 14.2. The summed E-state index contributed by atoms with van der Waals surface area (Å²) in [5.74, 6) is -2.38. The van der Waals surface area contributed by atoms with Crippen LogP contribution in [0.4, 0.5) is 17.1 Å². The fraction of sp³-hybridized carbons (Fsp3) is 0.250.